The highest BCUT2D eigenvalue weighted by Crippen LogP contribution is 2.41. The van der Waals surface area contributed by atoms with E-state index in [1.54, 1.807) is 21.3 Å². The molecule has 1 N–H and O–H groups in total. The zero-order valence-electron chi connectivity index (χ0n) is 25.6. The third-order valence-corrected chi connectivity index (χ3v) is 8.82. The predicted molar refractivity (Wildman–Crippen MR) is 165 cm³/mol. The third-order valence-electron chi connectivity index (χ3n) is 8.82. The molecule has 1 aliphatic heterocycles. The Hall–Kier alpha value is -3.71. The van der Waals surface area contributed by atoms with Crippen LogP contribution in [-0.2, 0) is 24.1 Å². The Labute approximate surface area is 250 Å². The van der Waals surface area contributed by atoms with Gasteiger partial charge in [0.25, 0.3) is 0 Å². The predicted octanol–water partition coefficient (Wildman–Crippen LogP) is 5.88. The molecule has 7 nitrogen and oxygen atoms in total. The number of benzene rings is 3. The van der Waals surface area contributed by atoms with Crippen LogP contribution in [0.2, 0.25) is 0 Å². The molecule has 1 amide bonds. The fourth-order valence-corrected chi connectivity index (χ4v) is 6.31. The molecule has 224 valence electrons. The molecule has 0 fully saturated rings. The van der Waals surface area contributed by atoms with Crippen molar-refractivity contribution in [3.63, 3.8) is 0 Å². The van der Waals surface area contributed by atoms with Crippen molar-refractivity contribution in [2.45, 2.75) is 64.0 Å². The van der Waals surface area contributed by atoms with Crippen molar-refractivity contribution < 1.29 is 23.7 Å². The number of nitrogens with zero attached hydrogens (tertiary/aromatic N) is 1. The third kappa shape index (κ3) is 6.51. The maximum Gasteiger partial charge on any atom is 0.234 e. The minimum Gasteiger partial charge on any atom is -0.493 e. The Bertz CT molecular complexity index is 1390. The summed E-state index contributed by atoms with van der Waals surface area (Å²) in [5, 5.41) is 3.26. The number of carbonyl (C=O) groups excluding carboxylic acids is 1. The van der Waals surface area contributed by atoms with E-state index in [1.807, 2.05) is 12.1 Å². The smallest absolute Gasteiger partial charge is 0.234 e. The second-order valence-corrected chi connectivity index (χ2v) is 11.4. The van der Waals surface area contributed by atoms with E-state index < -0.39 is 0 Å². The zero-order chi connectivity index (χ0) is 29.6. The molecule has 3 atom stereocenters. The normalized spacial score (nSPS) is 18.5. The van der Waals surface area contributed by atoms with E-state index in [2.05, 4.69) is 66.5 Å². The monoisotopic (exact) mass is 572 g/mol. The van der Waals surface area contributed by atoms with Crippen LogP contribution in [0.3, 0.4) is 0 Å². The summed E-state index contributed by atoms with van der Waals surface area (Å²) in [4.78, 5) is 15.7. The molecule has 0 aromatic heterocycles. The quantitative estimate of drug-likeness (QED) is 0.293. The van der Waals surface area contributed by atoms with Crippen molar-refractivity contribution in [2.75, 3.05) is 41.0 Å². The van der Waals surface area contributed by atoms with Crippen LogP contribution in [-0.4, -0.2) is 57.9 Å². The van der Waals surface area contributed by atoms with E-state index in [0.29, 0.717) is 36.9 Å². The summed E-state index contributed by atoms with van der Waals surface area (Å²) in [6.45, 7) is 5.96. The van der Waals surface area contributed by atoms with Gasteiger partial charge in [0, 0.05) is 25.0 Å². The highest BCUT2D eigenvalue weighted by atomic mass is 16.5. The number of rotatable bonds is 12. The summed E-state index contributed by atoms with van der Waals surface area (Å²) in [6.07, 6.45) is 4.67. The summed E-state index contributed by atoms with van der Waals surface area (Å²) in [6, 6.07) is 18.9. The van der Waals surface area contributed by atoms with Crippen LogP contribution < -0.4 is 24.3 Å². The number of hydrogen-bond acceptors (Lipinski definition) is 6. The number of aryl methyl sites for hydroxylation is 1. The molecule has 0 radical (unpaired) electrons. The van der Waals surface area contributed by atoms with E-state index in [0.717, 1.165) is 49.3 Å². The number of methoxy groups -OCH3 is 3. The maximum atomic E-state index is 13.4. The van der Waals surface area contributed by atoms with Crippen molar-refractivity contribution in [3.05, 3.63) is 82.4 Å². The van der Waals surface area contributed by atoms with Crippen molar-refractivity contribution >= 4 is 5.91 Å². The lowest BCUT2D eigenvalue weighted by molar-refractivity contribution is -0.123. The fraction of sp³-hybridized carbons (Fsp3) is 0.457. The lowest BCUT2D eigenvalue weighted by atomic mass is 9.88. The van der Waals surface area contributed by atoms with Gasteiger partial charge in [-0.05, 0) is 91.1 Å². The number of carbonyl (C=O) groups is 1. The first-order valence-electron chi connectivity index (χ1n) is 15.1. The standard InChI is InChI=1S/C35H44N2O5/c1-6-23(2)42-34-20-29-26(19-33(34)41-5)15-16-37(30(29)17-24-11-14-31(39-3)32(18-24)40-4)22-35(38)36-21-27-13-12-25-9-7-8-10-28(25)27/h7-11,14,18-20,23,27,30H,6,12-13,15-17,21-22H2,1-5H3,(H,36,38). The van der Waals surface area contributed by atoms with Gasteiger partial charge in [0.2, 0.25) is 5.91 Å². The maximum absolute atomic E-state index is 13.4. The van der Waals surface area contributed by atoms with Crippen LogP contribution in [0.5, 0.6) is 23.0 Å². The average molecular weight is 573 g/mol. The molecule has 7 heteroatoms. The zero-order valence-corrected chi connectivity index (χ0v) is 25.6. The molecule has 42 heavy (non-hydrogen) atoms. The largest absolute Gasteiger partial charge is 0.493 e. The minimum absolute atomic E-state index is 0.0185. The van der Waals surface area contributed by atoms with Crippen molar-refractivity contribution in [1.82, 2.24) is 10.2 Å². The summed E-state index contributed by atoms with van der Waals surface area (Å²) < 4.78 is 23.1. The van der Waals surface area contributed by atoms with Gasteiger partial charge in [-0.1, -0.05) is 37.3 Å². The SMILES string of the molecule is CCC(C)Oc1cc2c(cc1OC)CCN(CC(=O)NCC1CCc3ccccc31)C2Cc1ccc(OC)c(OC)c1. The van der Waals surface area contributed by atoms with E-state index >= 15 is 0 Å². The summed E-state index contributed by atoms with van der Waals surface area (Å²) in [7, 11) is 4.99. The van der Waals surface area contributed by atoms with Crippen molar-refractivity contribution in [1.29, 1.82) is 0 Å². The van der Waals surface area contributed by atoms with Gasteiger partial charge < -0.3 is 24.3 Å². The Morgan fingerprint density at radius 2 is 1.67 bits per heavy atom. The second-order valence-electron chi connectivity index (χ2n) is 11.4. The molecule has 0 bridgehead atoms. The molecule has 2 aliphatic rings. The first kappa shape index (κ1) is 29.8. The molecule has 3 aromatic carbocycles. The Kier molecular flexibility index (Phi) is 9.58. The molecule has 3 unspecified atom stereocenters. The molecule has 0 saturated heterocycles. The van der Waals surface area contributed by atoms with Gasteiger partial charge in [0.15, 0.2) is 23.0 Å². The van der Waals surface area contributed by atoms with Crippen LogP contribution in [0.25, 0.3) is 0 Å². The lowest BCUT2D eigenvalue weighted by Crippen LogP contribution is -2.44. The van der Waals surface area contributed by atoms with Gasteiger partial charge in [-0.3, -0.25) is 9.69 Å². The average Bonchev–Trinajstić information content (AvgIpc) is 3.43. The van der Waals surface area contributed by atoms with Gasteiger partial charge in [-0.15, -0.1) is 0 Å². The van der Waals surface area contributed by atoms with Crippen LogP contribution in [0.4, 0.5) is 0 Å². The summed E-state index contributed by atoms with van der Waals surface area (Å²) >= 11 is 0. The summed E-state index contributed by atoms with van der Waals surface area (Å²) in [5.74, 6) is 3.33. The number of hydrogen-bond donors (Lipinski definition) is 1. The minimum atomic E-state index is -0.0185. The fourth-order valence-electron chi connectivity index (χ4n) is 6.31. The first-order valence-corrected chi connectivity index (χ1v) is 15.1. The number of fused-ring (bicyclic) bond motifs is 2. The van der Waals surface area contributed by atoms with Gasteiger partial charge in [0.1, 0.15) is 0 Å². The topological polar surface area (TPSA) is 69.3 Å². The lowest BCUT2D eigenvalue weighted by Gasteiger charge is -2.38. The van der Waals surface area contributed by atoms with Crippen LogP contribution >= 0.6 is 0 Å². The van der Waals surface area contributed by atoms with Crippen molar-refractivity contribution in [2.24, 2.45) is 0 Å². The molecule has 0 saturated carbocycles. The highest BCUT2D eigenvalue weighted by molar-refractivity contribution is 5.78. The van der Waals surface area contributed by atoms with Gasteiger partial charge in [-0.2, -0.15) is 0 Å². The van der Waals surface area contributed by atoms with Crippen LogP contribution in [0.15, 0.2) is 54.6 Å². The highest BCUT2D eigenvalue weighted by Gasteiger charge is 2.31. The van der Waals surface area contributed by atoms with E-state index in [-0.39, 0.29) is 18.1 Å². The van der Waals surface area contributed by atoms with Gasteiger partial charge >= 0.3 is 0 Å². The number of amides is 1. The number of nitrogens with one attached hydrogen (secondary N) is 1. The van der Waals surface area contributed by atoms with E-state index in [4.69, 9.17) is 18.9 Å². The van der Waals surface area contributed by atoms with Crippen LogP contribution in [0, 0.1) is 0 Å². The molecule has 1 aliphatic carbocycles. The molecule has 3 aromatic rings. The van der Waals surface area contributed by atoms with Gasteiger partial charge in [0.05, 0.1) is 34.0 Å². The molecule has 0 spiro atoms. The second kappa shape index (κ2) is 13.5. The van der Waals surface area contributed by atoms with Gasteiger partial charge in [-0.25, -0.2) is 0 Å². The molecular weight excluding hydrogens is 528 g/mol. The molecular formula is C35H44N2O5. The van der Waals surface area contributed by atoms with Crippen molar-refractivity contribution in [3.8, 4) is 23.0 Å². The van der Waals surface area contributed by atoms with E-state index in [1.165, 1.54) is 22.3 Å². The Balaban J connectivity index is 1.40. The number of ether oxygens (including phenoxy) is 4. The summed E-state index contributed by atoms with van der Waals surface area (Å²) in [5.41, 5.74) is 6.29. The molecule has 1 heterocycles. The van der Waals surface area contributed by atoms with E-state index in [9.17, 15) is 4.79 Å². The Morgan fingerprint density at radius 1 is 0.905 bits per heavy atom. The van der Waals surface area contributed by atoms with Crippen LogP contribution in [0.1, 0.15) is 66.5 Å². The Morgan fingerprint density at radius 3 is 2.43 bits per heavy atom. The molecule has 5 rings (SSSR count). The first-order chi connectivity index (χ1) is 20.4.